The van der Waals surface area contributed by atoms with Crippen molar-refractivity contribution in [3.05, 3.63) is 63.2 Å². The average Bonchev–Trinajstić information content (AvgIpc) is 2.60. The molecule has 8 heteroatoms. The molecule has 27 heavy (non-hydrogen) atoms. The highest BCUT2D eigenvalue weighted by Crippen LogP contribution is 2.33. The van der Waals surface area contributed by atoms with Crippen LogP contribution >= 0.6 is 0 Å². The van der Waals surface area contributed by atoms with Crippen LogP contribution in [0.25, 0.3) is 0 Å². The lowest BCUT2D eigenvalue weighted by Gasteiger charge is -2.21. The van der Waals surface area contributed by atoms with Gasteiger partial charge in [-0.3, -0.25) is 10.1 Å². The second-order valence-electron chi connectivity index (χ2n) is 6.67. The van der Waals surface area contributed by atoms with Gasteiger partial charge in [0.1, 0.15) is 5.75 Å². The van der Waals surface area contributed by atoms with Crippen LogP contribution in [-0.4, -0.2) is 20.5 Å². The van der Waals surface area contributed by atoms with Crippen LogP contribution in [0.2, 0.25) is 0 Å². The van der Waals surface area contributed by atoms with E-state index in [0.29, 0.717) is 0 Å². The Hall–Kier alpha value is -2.45. The van der Waals surface area contributed by atoms with Crippen molar-refractivity contribution < 1.29 is 18.1 Å². The van der Waals surface area contributed by atoms with Gasteiger partial charge in [-0.15, -0.1) is 0 Å². The van der Waals surface area contributed by atoms with Gasteiger partial charge in [0.15, 0.2) is 4.90 Å². The molecule has 0 amide bonds. The number of methoxy groups -OCH3 is 1. The van der Waals surface area contributed by atoms with E-state index in [1.54, 1.807) is 14.0 Å². The van der Waals surface area contributed by atoms with E-state index >= 15 is 0 Å². The Morgan fingerprint density at radius 3 is 2.30 bits per heavy atom. The maximum absolute atomic E-state index is 12.8. The molecule has 0 radical (unpaired) electrons. The highest BCUT2D eigenvalue weighted by molar-refractivity contribution is 7.89. The number of ether oxygens (including phenoxy) is 1. The van der Waals surface area contributed by atoms with E-state index in [2.05, 4.69) is 4.72 Å². The summed E-state index contributed by atoms with van der Waals surface area (Å²) >= 11 is 0. The Balaban J connectivity index is 2.44. The molecule has 0 aliphatic heterocycles. The predicted molar refractivity (Wildman–Crippen MR) is 104 cm³/mol. The zero-order valence-corrected chi connectivity index (χ0v) is 16.8. The topological polar surface area (TPSA) is 98.5 Å². The molecule has 0 saturated heterocycles. The van der Waals surface area contributed by atoms with E-state index in [0.717, 1.165) is 22.4 Å². The first-order chi connectivity index (χ1) is 12.6. The number of benzene rings is 2. The smallest absolute Gasteiger partial charge is 0.289 e. The van der Waals surface area contributed by atoms with Crippen molar-refractivity contribution in [3.8, 4) is 5.75 Å². The summed E-state index contributed by atoms with van der Waals surface area (Å²) in [6.45, 7) is 7.64. The zero-order chi connectivity index (χ0) is 20.4. The molecule has 0 aromatic heterocycles. The van der Waals surface area contributed by atoms with Crippen LogP contribution in [0.4, 0.5) is 5.69 Å². The summed E-state index contributed by atoms with van der Waals surface area (Å²) in [5.74, 6) is 0.943. The van der Waals surface area contributed by atoms with Gasteiger partial charge in [0.25, 0.3) is 5.69 Å². The van der Waals surface area contributed by atoms with Gasteiger partial charge >= 0.3 is 0 Å². The van der Waals surface area contributed by atoms with Gasteiger partial charge in [-0.25, -0.2) is 13.1 Å². The predicted octanol–water partition coefficient (Wildman–Crippen LogP) is 4.07. The molecule has 1 atom stereocenters. The van der Waals surface area contributed by atoms with Crippen LogP contribution in [-0.2, 0) is 10.0 Å². The molecule has 0 fully saturated rings. The molecule has 7 nitrogen and oxygen atoms in total. The van der Waals surface area contributed by atoms with Crippen molar-refractivity contribution in [1.82, 2.24) is 4.72 Å². The van der Waals surface area contributed by atoms with Crippen molar-refractivity contribution in [2.24, 2.45) is 0 Å². The Labute approximate surface area is 159 Å². The van der Waals surface area contributed by atoms with Crippen LogP contribution in [0.5, 0.6) is 5.75 Å². The summed E-state index contributed by atoms with van der Waals surface area (Å²) in [6, 6.07) is 8.53. The summed E-state index contributed by atoms with van der Waals surface area (Å²) in [5, 5.41) is 11.2. The molecule has 0 aliphatic carbocycles. The highest BCUT2D eigenvalue weighted by Gasteiger charge is 2.27. The summed E-state index contributed by atoms with van der Waals surface area (Å²) in [7, 11) is -2.47. The van der Waals surface area contributed by atoms with E-state index < -0.39 is 26.7 Å². The largest absolute Gasteiger partial charge is 0.496 e. The molecule has 0 unspecified atom stereocenters. The maximum atomic E-state index is 12.8. The molecule has 0 bridgehead atoms. The molecule has 0 aliphatic rings. The van der Waals surface area contributed by atoms with Gasteiger partial charge in [-0.2, -0.15) is 0 Å². The molecule has 2 rings (SSSR count). The van der Waals surface area contributed by atoms with E-state index in [1.165, 1.54) is 24.3 Å². The Morgan fingerprint density at radius 2 is 1.74 bits per heavy atom. The number of hydrogen-bond acceptors (Lipinski definition) is 5. The minimum Gasteiger partial charge on any atom is -0.496 e. The maximum Gasteiger partial charge on any atom is 0.289 e. The first-order valence-corrected chi connectivity index (χ1v) is 10.0. The van der Waals surface area contributed by atoms with E-state index in [1.807, 2.05) is 32.9 Å². The van der Waals surface area contributed by atoms with Gasteiger partial charge in [0, 0.05) is 12.1 Å². The number of nitro groups is 1. The lowest BCUT2D eigenvalue weighted by atomic mass is 9.94. The average molecular weight is 392 g/mol. The van der Waals surface area contributed by atoms with Crippen LogP contribution in [0.15, 0.2) is 41.3 Å². The number of sulfonamides is 1. The fourth-order valence-corrected chi connectivity index (χ4v) is 4.40. The minimum absolute atomic E-state index is 0.193. The summed E-state index contributed by atoms with van der Waals surface area (Å²) in [4.78, 5) is 10.1. The molecular formula is C19H24N2O5S. The molecule has 2 aromatic rings. The third-order valence-corrected chi connectivity index (χ3v) is 5.98. The number of aryl methyl sites for hydroxylation is 1. The second kappa shape index (κ2) is 8.06. The monoisotopic (exact) mass is 392 g/mol. The summed E-state index contributed by atoms with van der Waals surface area (Å²) in [6.07, 6.45) is 0. The minimum atomic E-state index is -4.07. The second-order valence-corrected chi connectivity index (χ2v) is 8.36. The quantitative estimate of drug-likeness (QED) is 0.565. The van der Waals surface area contributed by atoms with Crippen molar-refractivity contribution in [2.45, 2.75) is 44.6 Å². The van der Waals surface area contributed by atoms with Crippen molar-refractivity contribution in [1.29, 1.82) is 0 Å². The molecular weight excluding hydrogens is 368 g/mol. The van der Waals surface area contributed by atoms with Gasteiger partial charge in [0.05, 0.1) is 12.0 Å². The molecule has 0 saturated carbocycles. The van der Waals surface area contributed by atoms with Crippen molar-refractivity contribution in [2.75, 3.05) is 7.11 Å². The number of hydrogen-bond donors (Lipinski definition) is 1. The van der Waals surface area contributed by atoms with Crippen molar-refractivity contribution in [3.63, 3.8) is 0 Å². The molecule has 1 N–H and O–H groups in total. The van der Waals surface area contributed by atoms with Gasteiger partial charge < -0.3 is 4.74 Å². The first-order valence-electron chi connectivity index (χ1n) is 8.52. The van der Waals surface area contributed by atoms with Crippen LogP contribution < -0.4 is 9.46 Å². The number of nitrogens with one attached hydrogen (secondary N) is 1. The Bertz CT molecular complexity index is 955. The third-order valence-electron chi connectivity index (χ3n) is 4.39. The number of rotatable bonds is 7. The molecule has 0 heterocycles. The Morgan fingerprint density at radius 1 is 1.11 bits per heavy atom. The fraction of sp³-hybridized carbons (Fsp3) is 0.368. The normalized spacial score (nSPS) is 12.8. The van der Waals surface area contributed by atoms with Crippen molar-refractivity contribution >= 4 is 15.7 Å². The molecule has 146 valence electrons. The number of nitro benzene ring substituents is 1. The van der Waals surface area contributed by atoms with Gasteiger partial charge in [-0.05, 0) is 54.7 Å². The fourth-order valence-electron chi connectivity index (χ4n) is 3.01. The molecule has 0 spiro atoms. The number of nitrogens with zero attached hydrogens (tertiary/aromatic N) is 1. The van der Waals surface area contributed by atoms with Gasteiger partial charge in [0.2, 0.25) is 10.0 Å². The van der Waals surface area contributed by atoms with E-state index in [-0.39, 0.29) is 10.8 Å². The first kappa shape index (κ1) is 20.9. The van der Waals surface area contributed by atoms with Crippen LogP contribution in [0, 0.1) is 17.0 Å². The van der Waals surface area contributed by atoms with Crippen LogP contribution in [0.3, 0.4) is 0 Å². The van der Waals surface area contributed by atoms with E-state index in [9.17, 15) is 18.5 Å². The zero-order valence-electron chi connectivity index (χ0n) is 16.0. The summed E-state index contributed by atoms with van der Waals surface area (Å²) < 4.78 is 33.5. The standard InChI is InChI=1S/C19H24N2O5S/c1-12(2)15-11-16(13(3)10-18(15)26-5)14(4)20-27(24,25)19-9-7-6-8-17(19)21(22)23/h6-12,14,20H,1-5H3/t14-/m1/s1. The van der Waals surface area contributed by atoms with Crippen LogP contribution in [0.1, 0.15) is 49.4 Å². The highest BCUT2D eigenvalue weighted by atomic mass is 32.2. The lowest BCUT2D eigenvalue weighted by Crippen LogP contribution is -2.28. The Kier molecular flexibility index (Phi) is 6.22. The summed E-state index contributed by atoms with van der Waals surface area (Å²) in [5.41, 5.74) is 2.18. The van der Waals surface area contributed by atoms with E-state index in [4.69, 9.17) is 4.74 Å². The lowest BCUT2D eigenvalue weighted by molar-refractivity contribution is -0.387. The molecule has 2 aromatic carbocycles. The SMILES string of the molecule is COc1cc(C)c([C@@H](C)NS(=O)(=O)c2ccccc2[N+](=O)[O-])cc1C(C)C. The third kappa shape index (κ3) is 4.45. The van der Waals surface area contributed by atoms with Gasteiger partial charge in [-0.1, -0.05) is 26.0 Å². The number of para-hydroxylation sites is 1.